The minimum absolute atomic E-state index is 0.107. The zero-order valence-electron chi connectivity index (χ0n) is 43.6. The van der Waals surface area contributed by atoms with Crippen LogP contribution in [0.1, 0.15) is 220 Å². The average molecular weight is 939 g/mol. The van der Waals surface area contributed by atoms with Crippen molar-refractivity contribution in [2.24, 2.45) is 0 Å². The molecule has 0 aromatic rings. The van der Waals surface area contributed by atoms with Gasteiger partial charge in [-0.15, -0.1) is 0 Å². The molecule has 1 atom stereocenters. The molecule has 0 saturated carbocycles. The van der Waals surface area contributed by atoms with Crippen molar-refractivity contribution in [2.45, 2.75) is 226 Å². The Kier molecular flexibility index (Phi) is 51.5. The first-order chi connectivity index (χ1) is 33.5. The SMILES string of the molecule is CC/C=C\C/C=C\C/C=C\C/C=C\C/C=C\C/C=C\CCCCC(=O)OCC(COC(=O)CCCCCCC/C=C\CCC)OC(=O)CCCCCCCC/C=C\C/C=C\C/C=C\C/C=C\CC. The van der Waals surface area contributed by atoms with E-state index in [9.17, 15) is 14.4 Å². The second kappa shape index (κ2) is 55.1. The first-order valence-corrected chi connectivity index (χ1v) is 27.2. The molecule has 0 saturated heterocycles. The van der Waals surface area contributed by atoms with E-state index in [1.165, 1.54) is 25.7 Å². The van der Waals surface area contributed by atoms with E-state index in [-0.39, 0.29) is 31.1 Å². The summed E-state index contributed by atoms with van der Waals surface area (Å²) in [4.78, 5) is 38.0. The van der Waals surface area contributed by atoms with Crippen LogP contribution in [0.3, 0.4) is 0 Å². The van der Waals surface area contributed by atoms with Crippen LogP contribution in [0, 0.1) is 0 Å². The lowest BCUT2D eigenvalue weighted by atomic mass is 10.1. The largest absolute Gasteiger partial charge is 0.462 e. The highest BCUT2D eigenvalue weighted by Gasteiger charge is 2.19. The number of hydrogen-bond donors (Lipinski definition) is 0. The molecule has 0 aromatic heterocycles. The van der Waals surface area contributed by atoms with Crippen molar-refractivity contribution in [3.63, 3.8) is 0 Å². The fourth-order valence-electron chi connectivity index (χ4n) is 6.85. The molecule has 6 nitrogen and oxygen atoms in total. The molecule has 0 rings (SSSR count). The Balaban J connectivity index is 4.47. The first-order valence-electron chi connectivity index (χ1n) is 27.2. The third kappa shape index (κ3) is 52.5. The number of hydrogen-bond acceptors (Lipinski definition) is 6. The molecule has 1 unspecified atom stereocenters. The summed E-state index contributed by atoms with van der Waals surface area (Å²) in [7, 11) is 0. The Bertz CT molecular complexity index is 1500. The topological polar surface area (TPSA) is 78.9 Å². The van der Waals surface area contributed by atoms with Gasteiger partial charge in [0.1, 0.15) is 13.2 Å². The minimum atomic E-state index is -0.812. The van der Waals surface area contributed by atoms with Gasteiger partial charge in [-0.1, -0.05) is 206 Å². The fourth-order valence-corrected chi connectivity index (χ4v) is 6.85. The van der Waals surface area contributed by atoms with E-state index >= 15 is 0 Å². The molecule has 0 aliphatic heterocycles. The molecule has 0 aromatic carbocycles. The molecular formula is C62H98O6. The summed E-state index contributed by atoms with van der Waals surface area (Å²) in [6, 6.07) is 0. The van der Waals surface area contributed by atoms with Crippen LogP contribution in [-0.2, 0) is 28.6 Å². The third-order valence-corrected chi connectivity index (χ3v) is 10.9. The number of carbonyl (C=O) groups excluding carboxylic acids is 3. The van der Waals surface area contributed by atoms with Crippen molar-refractivity contribution in [1.82, 2.24) is 0 Å². The van der Waals surface area contributed by atoms with Crippen molar-refractivity contribution in [3.8, 4) is 0 Å². The van der Waals surface area contributed by atoms with Gasteiger partial charge in [0.05, 0.1) is 0 Å². The molecule has 0 aliphatic rings. The van der Waals surface area contributed by atoms with Crippen LogP contribution in [0.2, 0.25) is 0 Å². The Labute approximate surface area is 417 Å². The van der Waals surface area contributed by atoms with Gasteiger partial charge in [0.2, 0.25) is 0 Å². The van der Waals surface area contributed by atoms with E-state index in [1.807, 2.05) is 0 Å². The number of carbonyl (C=O) groups is 3. The molecule has 382 valence electrons. The van der Waals surface area contributed by atoms with Gasteiger partial charge in [-0.2, -0.15) is 0 Å². The smallest absolute Gasteiger partial charge is 0.306 e. The lowest BCUT2D eigenvalue weighted by Gasteiger charge is -2.18. The predicted octanol–water partition coefficient (Wildman–Crippen LogP) is 18.3. The van der Waals surface area contributed by atoms with E-state index in [0.29, 0.717) is 25.7 Å². The zero-order chi connectivity index (χ0) is 49.3. The molecule has 68 heavy (non-hydrogen) atoms. The van der Waals surface area contributed by atoms with Gasteiger partial charge in [0.25, 0.3) is 0 Å². The Hall–Kier alpha value is -4.45. The number of allylic oxidation sites excluding steroid dienone is 22. The molecule has 0 radical (unpaired) electrons. The highest BCUT2D eigenvalue weighted by molar-refractivity contribution is 5.71. The molecule has 0 amide bonds. The summed E-state index contributed by atoms with van der Waals surface area (Å²) < 4.78 is 16.8. The first kappa shape index (κ1) is 63.5. The number of rotatable bonds is 47. The average Bonchev–Trinajstić information content (AvgIpc) is 3.34. The van der Waals surface area contributed by atoms with Crippen LogP contribution in [0.4, 0.5) is 0 Å². The van der Waals surface area contributed by atoms with Gasteiger partial charge >= 0.3 is 17.9 Å². The maximum Gasteiger partial charge on any atom is 0.306 e. The summed E-state index contributed by atoms with van der Waals surface area (Å²) in [5.41, 5.74) is 0. The minimum Gasteiger partial charge on any atom is -0.462 e. The molecule has 0 aliphatic carbocycles. The van der Waals surface area contributed by atoms with Gasteiger partial charge in [0, 0.05) is 19.3 Å². The quantitative estimate of drug-likeness (QED) is 0.0262. The molecule has 6 heteroatoms. The summed E-state index contributed by atoms with van der Waals surface area (Å²) in [5, 5.41) is 0. The third-order valence-electron chi connectivity index (χ3n) is 10.9. The Morgan fingerprint density at radius 3 is 0.941 bits per heavy atom. The van der Waals surface area contributed by atoms with E-state index in [2.05, 4.69) is 154 Å². The molecule has 0 fully saturated rings. The van der Waals surface area contributed by atoms with Crippen LogP contribution in [0.25, 0.3) is 0 Å². The summed E-state index contributed by atoms with van der Waals surface area (Å²) in [5.74, 6) is -0.985. The highest BCUT2D eigenvalue weighted by Crippen LogP contribution is 2.13. The zero-order valence-corrected chi connectivity index (χ0v) is 43.6. The van der Waals surface area contributed by atoms with Crippen molar-refractivity contribution in [1.29, 1.82) is 0 Å². The standard InChI is InChI=1S/C62H98O6/c1-4-7-10-13-16-19-22-24-26-28-30-31-33-34-36-38-40-43-46-49-52-55-61(64)67-58-59(57-66-60(63)54-51-48-45-42-21-18-15-12-9-6-3)68-62(65)56-53-50-47-44-41-39-37-35-32-29-27-25-23-20-17-14-11-8-5-2/h7-8,10-12,15-17,19-20,24-27,30-32,34-36,40,43,59H,4-6,9,13-14,18,21-23,28-29,33,37-39,41-42,44-58H2,1-3H3/b10-7-,11-8-,15-12-,19-16-,20-17-,26-24-,27-25-,31-30-,35-32-,36-34-,43-40-. The summed E-state index contributed by atoms with van der Waals surface area (Å²) in [6.45, 7) is 6.28. The highest BCUT2D eigenvalue weighted by atomic mass is 16.6. The van der Waals surface area contributed by atoms with Gasteiger partial charge in [-0.25, -0.2) is 0 Å². The second-order valence-electron chi connectivity index (χ2n) is 17.4. The number of ether oxygens (including phenoxy) is 3. The Morgan fingerprint density at radius 2 is 0.574 bits per heavy atom. The predicted molar refractivity (Wildman–Crippen MR) is 292 cm³/mol. The maximum absolute atomic E-state index is 12.8. The monoisotopic (exact) mass is 939 g/mol. The van der Waals surface area contributed by atoms with Gasteiger partial charge < -0.3 is 14.2 Å². The van der Waals surface area contributed by atoms with Crippen LogP contribution >= 0.6 is 0 Å². The van der Waals surface area contributed by atoms with E-state index in [1.54, 1.807) is 0 Å². The van der Waals surface area contributed by atoms with E-state index < -0.39 is 6.10 Å². The lowest BCUT2D eigenvalue weighted by Crippen LogP contribution is -2.30. The van der Waals surface area contributed by atoms with E-state index in [0.717, 1.165) is 148 Å². The molecule has 0 bridgehead atoms. The molecule has 0 N–H and O–H groups in total. The number of unbranched alkanes of at least 4 members (excludes halogenated alkanes) is 14. The maximum atomic E-state index is 12.8. The van der Waals surface area contributed by atoms with Gasteiger partial charge in [-0.3, -0.25) is 14.4 Å². The molecule has 0 heterocycles. The summed E-state index contributed by atoms with van der Waals surface area (Å²) >= 11 is 0. The van der Waals surface area contributed by atoms with Crippen LogP contribution in [0.5, 0.6) is 0 Å². The second-order valence-corrected chi connectivity index (χ2v) is 17.4. The van der Waals surface area contributed by atoms with Crippen molar-refractivity contribution < 1.29 is 28.6 Å². The normalized spacial score (nSPS) is 13.2. The molecule has 0 spiro atoms. The van der Waals surface area contributed by atoms with Gasteiger partial charge in [0.15, 0.2) is 6.10 Å². The van der Waals surface area contributed by atoms with Crippen molar-refractivity contribution in [3.05, 3.63) is 134 Å². The van der Waals surface area contributed by atoms with Crippen molar-refractivity contribution in [2.75, 3.05) is 13.2 Å². The van der Waals surface area contributed by atoms with Gasteiger partial charge in [-0.05, 0) is 128 Å². The van der Waals surface area contributed by atoms with Crippen LogP contribution < -0.4 is 0 Å². The van der Waals surface area contributed by atoms with E-state index in [4.69, 9.17) is 14.2 Å². The Morgan fingerprint density at radius 1 is 0.309 bits per heavy atom. The summed E-state index contributed by atoms with van der Waals surface area (Å²) in [6.07, 6.45) is 77.3. The fraction of sp³-hybridized carbons (Fsp3) is 0.597. The molecular weight excluding hydrogens is 841 g/mol. The van der Waals surface area contributed by atoms with Crippen LogP contribution in [-0.4, -0.2) is 37.2 Å². The lowest BCUT2D eigenvalue weighted by molar-refractivity contribution is -0.167. The number of esters is 3. The van der Waals surface area contributed by atoms with Crippen LogP contribution in [0.15, 0.2) is 134 Å². The van der Waals surface area contributed by atoms with Crippen molar-refractivity contribution >= 4 is 17.9 Å².